The van der Waals surface area contributed by atoms with Crippen LogP contribution in [0.15, 0.2) is 23.3 Å². The molecule has 1 aromatic heterocycles. The molecule has 0 radical (unpaired) electrons. The molecule has 1 aliphatic heterocycles. The van der Waals surface area contributed by atoms with E-state index >= 15 is 0 Å². The maximum Gasteiger partial charge on any atom is 0.189 e. The van der Waals surface area contributed by atoms with E-state index in [9.17, 15) is 0 Å². The van der Waals surface area contributed by atoms with Gasteiger partial charge in [0.15, 0.2) is 5.96 Å². The van der Waals surface area contributed by atoms with Gasteiger partial charge in [0.2, 0.25) is 0 Å². The molecule has 2 heterocycles. The number of anilines is 1. The molecule has 0 spiro atoms. The number of ether oxygens (including phenoxy) is 2. The van der Waals surface area contributed by atoms with Crippen LogP contribution in [0.4, 0.5) is 5.82 Å². The maximum atomic E-state index is 5.86. The van der Waals surface area contributed by atoms with E-state index in [1.54, 1.807) is 7.11 Å². The summed E-state index contributed by atoms with van der Waals surface area (Å²) in [5.74, 6) is 1.40. The van der Waals surface area contributed by atoms with Crippen LogP contribution >= 0.6 is 0 Å². The van der Waals surface area contributed by atoms with E-state index in [0.29, 0.717) is 19.1 Å². The number of nitrogens with one attached hydrogen (secondary N) is 1. The van der Waals surface area contributed by atoms with Crippen molar-refractivity contribution in [3.63, 3.8) is 0 Å². The second-order valence-corrected chi connectivity index (χ2v) is 5.85. The van der Waals surface area contributed by atoms with E-state index in [1.165, 1.54) is 0 Å². The first-order valence-corrected chi connectivity index (χ1v) is 7.95. The lowest BCUT2D eigenvalue weighted by molar-refractivity contribution is 0.0529. The van der Waals surface area contributed by atoms with Gasteiger partial charge in [-0.3, -0.25) is 0 Å². The molecule has 2 unspecified atom stereocenters. The van der Waals surface area contributed by atoms with Crippen molar-refractivity contribution in [3.05, 3.63) is 23.9 Å². The number of hydrogen-bond donors (Lipinski definition) is 2. The maximum absolute atomic E-state index is 5.86. The molecular weight excluding hydrogens is 294 g/mol. The number of nitrogens with two attached hydrogens (primary N) is 1. The Balaban J connectivity index is 1.87. The zero-order chi connectivity index (χ0) is 16.7. The summed E-state index contributed by atoms with van der Waals surface area (Å²) < 4.78 is 10.6. The molecule has 7 nitrogen and oxygen atoms in total. The van der Waals surface area contributed by atoms with Gasteiger partial charge in [-0.25, -0.2) is 9.98 Å². The lowest BCUT2D eigenvalue weighted by Gasteiger charge is -2.32. The molecule has 1 aliphatic rings. The number of aromatic nitrogens is 1. The molecule has 7 heteroatoms. The number of methoxy groups -OCH3 is 1. The summed E-state index contributed by atoms with van der Waals surface area (Å²) >= 11 is 0. The van der Waals surface area contributed by atoms with Crippen molar-refractivity contribution in [1.82, 2.24) is 10.3 Å². The van der Waals surface area contributed by atoms with Crippen LogP contribution in [0.2, 0.25) is 0 Å². The van der Waals surface area contributed by atoms with Gasteiger partial charge in [-0.05, 0) is 25.5 Å². The minimum atomic E-state index is 0.132. The van der Waals surface area contributed by atoms with E-state index in [4.69, 9.17) is 15.2 Å². The van der Waals surface area contributed by atoms with Crippen molar-refractivity contribution in [2.45, 2.75) is 32.5 Å². The third-order valence-corrected chi connectivity index (χ3v) is 3.62. The smallest absolute Gasteiger partial charge is 0.189 e. The van der Waals surface area contributed by atoms with Crippen molar-refractivity contribution in [1.29, 1.82) is 0 Å². The van der Waals surface area contributed by atoms with E-state index in [-0.39, 0.29) is 12.1 Å². The van der Waals surface area contributed by atoms with Crippen LogP contribution in [0.25, 0.3) is 0 Å². The first-order chi connectivity index (χ1) is 11.1. The minimum Gasteiger partial charge on any atom is -0.383 e. The molecule has 2 atom stereocenters. The number of aliphatic imine (C=N–C) groups is 1. The van der Waals surface area contributed by atoms with Gasteiger partial charge in [-0.1, -0.05) is 6.07 Å². The Bertz CT molecular complexity index is 506. The van der Waals surface area contributed by atoms with Gasteiger partial charge < -0.3 is 25.4 Å². The summed E-state index contributed by atoms with van der Waals surface area (Å²) in [5.41, 5.74) is 6.88. The molecule has 0 aromatic carbocycles. The lowest BCUT2D eigenvalue weighted by Crippen LogP contribution is -2.41. The van der Waals surface area contributed by atoms with Gasteiger partial charge in [0.25, 0.3) is 0 Å². The monoisotopic (exact) mass is 321 g/mol. The molecule has 128 valence electrons. The predicted molar refractivity (Wildman–Crippen MR) is 91.7 cm³/mol. The molecule has 1 fully saturated rings. The van der Waals surface area contributed by atoms with Crippen LogP contribution in [-0.4, -0.2) is 56.5 Å². The van der Waals surface area contributed by atoms with E-state index < -0.39 is 0 Å². The molecule has 0 saturated carbocycles. The summed E-state index contributed by atoms with van der Waals surface area (Å²) in [5, 5.41) is 3.08. The first-order valence-electron chi connectivity index (χ1n) is 7.95. The van der Waals surface area contributed by atoms with E-state index in [2.05, 4.69) is 27.1 Å². The summed E-state index contributed by atoms with van der Waals surface area (Å²) in [6.45, 7) is 7.66. The highest BCUT2D eigenvalue weighted by molar-refractivity contribution is 5.78. The number of pyridine rings is 1. The molecule has 0 aliphatic carbocycles. The van der Waals surface area contributed by atoms with Crippen LogP contribution in [0.5, 0.6) is 0 Å². The molecule has 23 heavy (non-hydrogen) atoms. The van der Waals surface area contributed by atoms with Gasteiger partial charge in [-0.15, -0.1) is 0 Å². The molecule has 3 N–H and O–H groups in total. The van der Waals surface area contributed by atoms with E-state index in [0.717, 1.165) is 31.1 Å². The molecule has 0 bridgehead atoms. The number of nitrogens with zero attached hydrogens (tertiary/aromatic N) is 3. The fourth-order valence-corrected chi connectivity index (χ4v) is 2.49. The highest BCUT2D eigenvalue weighted by Crippen LogP contribution is 2.15. The standard InChI is InChI=1S/C16H27N5O2/c1-12(11-22-3)20-16(17)19-9-14-4-5-15(18-8-14)21-6-7-23-13(2)10-21/h4-5,8,12-13H,6-7,9-11H2,1-3H3,(H3,17,19,20). The van der Waals surface area contributed by atoms with E-state index in [1.807, 2.05) is 25.3 Å². The summed E-state index contributed by atoms with van der Waals surface area (Å²) in [6.07, 6.45) is 2.10. The Morgan fingerprint density at radius 3 is 3.09 bits per heavy atom. The number of rotatable bonds is 6. The molecule has 2 rings (SSSR count). The molecule has 0 amide bonds. The average Bonchev–Trinajstić information content (AvgIpc) is 2.53. The quantitative estimate of drug-likeness (QED) is 0.594. The summed E-state index contributed by atoms with van der Waals surface area (Å²) in [7, 11) is 1.66. The van der Waals surface area contributed by atoms with Crippen LogP contribution in [0.3, 0.4) is 0 Å². The number of guanidine groups is 1. The van der Waals surface area contributed by atoms with Gasteiger partial charge >= 0.3 is 0 Å². The van der Waals surface area contributed by atoms with Crippen molar-refractivity contribution >= 4 is 11.8 Å². The highest BCUT2D eigenvalue weighted by Gasteiger charge is 2.17. The first kappa shape index (κ1) is 17.5. The fourth-order valence-electron chi connectivity index (χ4n) is 2.49. The highest BCUT2D eigenvalue weighted by atomic mass is 16.5. The van der Waals surface area contributed by atoms with Crippen molar-refractivity contribution in [2.75, 3.05) is 38.3 Å². The van der Waals surface area contributed by atoms with Crippen LogP contribution in [-0.2, 0) is 16.0 Å². The third kappa shape index (κ3) is 5.69. The third-order valence-electron chi connectivity index (χ3n) is 3.62. The Morgan fingerprint density at radius 1 is 1.61 bits per heavy atom. The number of hydrogen-bond acceptors (Lipinski definition) is 5. The fraction of sp³-hybridized carbons (Fsp3) is 0.625. The predicted octanol–water partition coefficient (Wildman–Crippen LogP) is 0.746. The van der Waals surface area contributed by atoms with Crippen molar-refractivity contribution in [2.24, 2.45) is 10.7 Å². The van der Waals surface area contributed by atoms with Gasteiger partial charge in [0.1, 0.15) is 5.82 Å². The van der Waals surface area contributed by atoms with Crippen LogP contribution in [0.1, 0.15) is 19.4 Å². The molecular formula is C16H27N5O2. The van der Waals surface area contributed by atoms with Gasteiger partial charge in [0, 0.05) is 32.4 Å². The van der Waals surface area contributed by atoms with Crippen molar-refractivity contribution in [3.8, 4) is 0 Å². The van der Waals surface area contributed by atoms with Gasteiger partial charge in [0.05, 0.1) is 25.9 Å². The number of morpholine rings is 1. The van der Waals surface area contributed by atoms with Crippen molar-refractivity contribution < 1.29 is 9.47 Å². The summed E-state index contributed by atoms with van der Waals surface area (Å²) in [6, 6.07) is 4.20. The zero-order valence-corrected chi connectivity index (χ0v) is 14.2. The average molecular weight is 321 g/mol. The Morgan fingerprint density at radius 2 is 2.43 bits per heavy atom. The molecule has 1 aromatic rings. The normalized spacial score (nSPS) is 20.4. The minimum absolute atomic E-state index is 0.132. The second kappa shape index (κ2) is 8.69. The Labute approximate surface area is 137 Å². The largest absolute Gasteiger partial charge is 0.383 e. The SMILES string of the molecule is COCC(C)NC(N)=NCc1ccc(N2CCOC(C)C2)nc1. The molecule has 1 saturated heterocycles. The topological polar surface area (TPSA) is 85.0 Å². The second-order valence-electron chi connectivity index (χ2n) is 5.85. The van der Waals surface area contributed by atoms with Gasteiger partial charge in [-0.2, -0.15) is 0 Å². The lowest BCUT2D eigenvalue weighted by atomic mass is 10.2. The Hall–Kier alpha value is -1.86. The van der Waals surface area contributed by atoms with Crippen LogP contribution < -0.4 is 16.0 Å². The Kier molecular flexibility index (Phi) is 6.61. The zero-order valence-electron chi connectivity index (χ0n) is 14.2. The summed E-state index contributed by atoms with van der Waals surface area (Å²) in [4.78, 5) is 11.1. The van der Waals surface area contributed by atoms with Crippen LogP contribution in [0, 0.1) is 0 Å².